The number of hydrogen-bond donors (Lipinski definition) is 2. The third-order valence-electron chi connectivity index (χ3n) is 3.80. The van der Waals surface area contributed by atoms with Gasteiger partial charge in [-0.25, -0.2) is 4.98 Å². The molecule has 126 valence electrons. The number of anilines is 1. The van der Waals surface area contributed by atoms with Gasteiger partial charge in [0.15, 0.2) is 5.82 Å². The Kier molecular flexibility index (Phi) is 4.59. The minimum Gasteiger partial charge on any atom is -0.481 e. The number of carbonyl (C=O) groups is 2. The second-order valence-electron chi connectivity index (χ2n) is 5.39. The van der Waals surface area contributed by atoms with Gasteiger partial charge in [-0.3, -0.25) is 14.6 Å². The molecule has 1 amide bonds. The molecule has 0 aliphatic carbocycles. The third-order valence-corrected chi connectivity index (χ3v) is 3.80. The Labute approximate surface area is 136 Å². The van der Waals surface area contributed by atoms with Gasteiger partial charge in [0.25, 0.3) is 0 Å². The van der Waals surface area contributed by atoms with Crippen LogP contribution in [0.25, 0.3) is 0 Å². The zero-order chi connectivity index (χ0) is 16.9. The summed E-state index contributed by atoms with van der Waals surface area (Å²) in [6.45, 7) is 1.25. The normalized spacial score (nSPS) is 18.2. The van der Waals surface area contributed by atoms with E-state index >= 15 is 0 Å². The number of hydrogen-bond acceptors (Lipinski definition) is 8. The zero-order valence-electron chi connectivity index (χ0n) is 12.7. The highest BCUT2D eigenvalue weighted by Gasteiger charge is 2.30. The minimum atomic E-state index is -0.955. The van der Waals surface area contributed by atoms with E-state index in [1.54, 1.807) is 18.6 Å². The minimum absolute atomic E-state index is 0.0199. The van der Waals surface area contributed by atoms with E-state index in [0.717, 1.165) is 0 Å². The molecule has 11 heteroatoms. The van der Waals surface area contributed by atoms with E-state index in [-0.39, 0.29) is 31.2 Å². The van der Waals surface area contributed by atoms with Crippen LogP contribution in [0, 0.1) is 5.92 Å². The summed E-state index contributed by atoms with van der Waals surface area (Å²) in [7, 11) is 0. The summed E-state index contributed by atoms with van der Waals surface area (Å²) in [5.41, 5.74) is 0. The molecule has 2 aromatic heterocycles. The lowest BCUT2D eigenvalue weighted by molar-refractivity contribution is -0.142. The summed E-state index contributed by atoms with van der Waals surface area (Å²) in [4.78, 5) is 35.5. The van der Waals surface area contributed by atoms with Crippen molar-refractivity contribution in [1.29, 1.82) is 0 Å². The van der Waals surface area contributed by atoms with Gasteiger partial charge in [-0.05, 0) is 0 Å². The van der Waals surface area contributed by atoms with Crippen molar-refractivity contribution in [3.8, 4) is 0 Å². The van der Waals surface area contributed by atoms with E-state index in [4.69, 9.17) is 0 Å². The SMILES string of the molecule is O=C(O)C1CN(C(=O)Cc2nn[nH]n2)CCN(c2cnccn2)C1. The number of carboxylic acid groups (broad SMARTS) is 1. The molecule has 0 radical (unpaired) electrons. The topological polar surface area (TPSA) is 141 Å². The maximum absolute atomic E-state index is 12.4. The monoisotopic (exact) mass is 332 g/mol. The number of aliphatic carboxylic acids is 1. The lowest BCUT2D eigenvalue weighted by atomic mass is 10.1. The highest BCUT2D eigenvalue weighted by molar-refractivity contribution is 5.79. The molecule has 1 fully saturated rings. The predicted octanol–water partition coefficient (Wildman–Crippen LogP) is -1.42. The molecule has 0 bridgehead atoms. The van der Waals surface area contributed by atoms with Crippen molar-refractivity contribution in [2.24, 2.45) is 5.92 Å². The van der Waals surface area contributed by atoms with Gasteiger partial charge in [0.1, 0.15) is 5.82 Å². The Balaban J connectivity index is 1.73. The largest absolute Gasteiger partial charge is 0.481 e. The van der Waals surface area contributed by atoms with Gasteiger partial charge < -0.3 is 14.9 Å². The first-order valence-electron chi connectivity index (χ1n) is 7.37. The molecule has 0 spiro atoms. The fraction of sp³-hybridized carbons (Fsp3) is 0.462. The van der Waals surface area contributed by atoms with Crippen molar-refractivity contribution >= 4 is 17.7 Å². The average molecular weight is 332 g/mol. The second kappa shape index (κ2) is 6.98. The summed E-state index contributed by atoms with van der Waals surface area (Å²) >= 11 is 0. The number of amides is 1. The first-order valence-corrected chi connectivity index (χ1v) is 7.37. The summed E-state index contributed by atoms with van der Waals surface area (Å²) in [5.74, 6) is -1.03. The number of carboxylic acids is 1. The standard InChI is InChI=1S/C13H16N8O3/c22-12(5-10-16-18-19-17-10)21-4-3-20(7-9(8-21)13(23)24)11-6-14-1-2-15-11/h1-2,6,9H,3-5,7-8H2,(H,23,24)(H,16,17,18,19). The number of nitrogens with zero attached hydrogens (tertiary/aromatic N) is 7. The molecule has 3 heterocycles. The highest BCUT2D eigenvalue weighted by atomic mass is 16.4. The van der Waals surface area contributed by atoms with Crippen molar-refractivity contribution in [1.82, 2.24) is 35.5 Å². The molecule has 3 rings (SSSR count). The Morgan fingerprint density at radius 3 is 2.83 bits per heavy atom. The maximum atomic E-state index is 12.4. The molecule has 0 aromatic carbocycles. The highest BCUT2D eigenvalue weighted by Crippen LogP contribution is 2.16. The summed E-state index contributed by atoms with van der Waals surface area (Å²) < 4.78 is 0. The fourth-order valence-electron chi connectivity index (χ4n) is 2.56. The first kappa shape index (κ1) is 15.8. The van der Waals surface area contributed by atoms with Crippen molar-refractivity contribution in [3.05, 3.63) is 24.4 Å². The van der Waals surface area contributed by atoms with Crippen LogP contribution < -0.4 is 4.90 Å². The Morgan fingerprint density at radius 1 is 1.29 bits per heavy atom. The van der Waals surface area contributed by atoms with Crippen molar-refractivity contribution in [3.63, 3.8) is 0 Å². The van der Waals surface area contributed by atoms with Crippen molar-refractivity contribution < 1.29 is 14.7 Å². The van der Waals surface area contributed by atoms with Gasteiger partial charge >= 0.3 is 5.97 Å². The number of H-pyrrole nitrogens is 1. The van der Waals surface area contributed by atoms with E-state index in [9.17, 15) is 14.7 Å². The van der Waals surface area contributed by atoms with Crippen LogP contribution in [0.5, 0.6) is 0 Å². The molecule has 2 aromatic rings. The Morgan fingerprint density at radius 2 is 2.17 bits per heavy atom. The fourth-order valence-corrected chi connectivity index (χ4v) is 2.56. The molecule has 2 N–H and O–H groups in total. The number of tetrazole rings is 1. The van der Waals surface area contributed by atoms with E-state index in [1.807, 2.05) is 4.90 Å². The molecule has 1 unspecified atom stereocenters. The van der Waals surface area contributed by atoms with Crippen molar-refractivity contribution in [2.75, 3.05) is 31.1 Å². The lowest BCUT2D eigenvalue weighted by Crippen LogP contribution is -2.39. The Hall–Kier alpha value is -3.11. The molecule has 11 nitrogen and oxygen atoms in total. The molecular weight excluding hydrogens is 316 g/mol. The smallest absolute Gasteiger partial charge is 0.310 e. The van der Waals surface area contributed by atoms with E-state index in [2.05, 4.69) is 30.6 Å². The van der Waals surface area contributed by atoms with Crippen LogP contribution in [0.4, 0.5) is 5.82 Å². The van der Waals surface area contributed by atoms with Crippen LogP contribution in [-0.4, -0.2) is 78.7 Å². The summed E-state index contributed by atoms with van der Waals surface area (Å²) in [5, 5.41) is 22.6. The Bertz CT molecular complexity index is 693. The number of aromatic nitrogens is 6. The summed E-state index contributed by atoms with van der Waals surface area (Å²) in [6, 6.07) is 0. The van der Waals surface area contributed by atoms with Gasteiger partial charge in [-0.1, -0.05) is 5.21 Å². The van der Waals surface area contributed by atoms with Crippen LogP contribution in [0.2, 0.25) is 0 Å². The predicted molar refractivity (Wildman–Crippen MR) is 79.8 cm³/mol. The number of nitrogens with one attached hydrogen (secondary N) is 1. The molecule has 0 saturated carbocycles. The summed E-state index contributed by atoms with van der Waals surface area (Å²) in [6.07, 6.45) is 4.66. The van der Waals surface area contributed by atoms with E-state index in [0.29, 0.717) is 18.9 Å². The van der Waals surface area contributed by atoms with Gasteiger partial charge in [-0.15, -0.1) is 10.2 Å². The van der Waals surface area contributed by atoms with Gasteiger partial charge in [0.05, 0.1) is 18.5 Å². The lowest BCUT2D eigenvalue weighted by Gasteiger charge is -2.22. The van der Waals surface area contributed by atoms with Crippen LogP contribution in [0.3, 0.4) is 0 Å². The maximum Gasteiger partial charge on any atom is 0.310 e. The zero-order valence-corrected chi connectivity index (χ0v) is 12.7. The van der Waals surface area contributed by atoms with Gasteiger partial charge in [0.2, 0.25) is 5.91 Å². The molecule has 1 aliphatic heterocycles. The average Bonchev–Trinajstić information content (AvgIpc) is 2.98. The molecule has 1 aliphatic rings. The quantitative estimate of drug-likeness (QED) is 0.690. The molecule has 1 saturated heterocycles. The van der Waals surface area contributed by atoms with Crippen LogP contribution in [-0.2, 0) is 16.0 Å². The second-order valence-corrected chi connectivity index (χ2v) is 5.39. The van der Waals surface area contributed by atoms with Crippen LogP contribution in [0.15, 0.2) is 18.6 Å². The first-order chi connectivity index (χ1) is 11.6. The van der Waals surface area contributed by atoms with E-state index < -0.39 is 11.9 Å². The molecule has 24 heavy (non-hydrogen) atoms. The van der Waals surface area contributed by atoms with Crippen LogP contribution in [0.1, 0.15) is 5.82 Å². The molecule has 1 atom stereocenters. The number of carbonyl (C=O) groups excluding carboxylic acids is 1. The van der Waals surface area contributed by atoms with Gasteiger partial charge in [0, 0.05) is 38.6 Å². The number of aromatic amines is 1. The van der Waals surface area contributed by atoms with Gasteiger partial charge in [-0.2, -0.15) is 5.21 Å². The van der Waals surface area contributed by atoms with Crippen molar-refractivity contribution in [2.45, 2.75) is 6.42 Å². The van der Waals surface area contributed by atoms with Crippen LogP contribution >= 0.6 is 0 Å². The molecular formula is C13H16N8O3. The van der Waals surface area contributed by atoms with E-state index in [1.165, 1.54) is 4.90 Å². The number of rotatable bonds is 4. The third kappa shape index (κ3) is 3.62.